The zero-order chi connectivity index (χ0) is 19.3. The van der Waals surface area contributed by atoms with Crippen LogP contribution in [0.15, 0.2) is 0 Å². The summed E-state index contributed by atoms with van der Waals surface area (Å²) in [5.74, 6) is 0.851. The molecule has 1 saturated carbocycles. The lowest BCUT2D eigenvalue weighted by Crippen LogP contribution is -2.46. The maximum atomic E-state index is 12.3. The van der Waals surface area contributed by atoms with E-state index >= 15 is 0 Å². The molecular formula is C21H42N2O2. The quantitative estimate of drug-likeness (QED) is 0.682. The summed E-state index contributed by atoms with van der Waals surface area (Å²) < 4.78 is 5.53. The highest BCUT2D eigenvalue weighted by molar-refractivity contribution is 5.68. The number of nitrogens with zero attached hydrogens (tertiary/aromatic N) is 1. The number of rotatable bonds is 7. The summed E-state index contributed by atoms with van der Waals surface area (Å²) in [5, 5.41) is 3.67. The van der Waals surface area contributed by atoms with E-state index in [0.29, 0.717) is 18.0 Å². The highest BCUT2D eigenvalue weighted by atomic mass is 16.6. The van der Waals surface area contributed by atoms with Crippen LogP contribution < -0.4 is 5.32 Å². The Labute approximate surface area is 156 Å². The molecule has 4 nitrogen and oxygen atoms in total. The zero-order valence-electron chi connectivity index (χ0n) is 17.9. The Morgan fingerprint density at radius 3 is 2.12 bits per heavy atom. The zero-order valence-corrected chi connectivity index (χ0v) is 17.9. The van der Waals surface area contributed by atoms with Gasteiger partial charge < -0.3 is 15.0 Å². The molecule has 0 spiro atoms. The lowest BCUT2D eigenvalue weighted by molar-refractivity contribution is 0.0190. The van der Waals surface area contributed by atoms with Gasteiger partial charge in [0.15, 0.2) is 0 Å². The molecule has 1 amide bonds. The van der Waals surface area contributed by atoms with Crippen molar-refractivity contribution in [1.82, 2.24) is 10.2 Å². The average Bonchev–Trinajstić information content (AvgIpc) is 2.49. The molecule has 0 radical (unpaired) electrons. The summed E-state index contributed by atoms with van der Waals surface area (Å²) in [6.45, 7) is 18.5. The van der Waals surface area contributed by atoms with Gasteiger partial charge in [-0.25, -0.2) is 4.79 Å². The number of hydrogen-bond donors (Lipinski definition) is 1. The smallest absolute Gasteiger partial charge is 0.410 e. The fourth-order valence-corrected chi connectivity index (χ4v) is 3.64. The summed E-state index contributed by atoms with van der Waals surface area (Å²) in [5.41, 5.74) is 0.0260. The molecule has 0 aromatic heterocycles. The van der Waals surface area contributed by atoms with Crippen LogP contribution in [0.4, 0.5) is 4.79 Å². The lowest BCUT2D eigenvalue weighted by atomic mass is 9.69. The Kier molecular flexibility index (Phi) is 8.24. The topological polar surface area (TPSA) is 41.6 Å². The largest absolute Gasteiger partial charge is 0.444 e. The number of nitrogens with one attached hydrogen (secondary N) is 1. The third-order valence-electron chi connectivity index (χ3n) is 5.78. The Balaban J connectivity index is 2.39. The average molecular weight is 355 g/mol. The lowest BCUT2D eigenvalue weighted by Gasteiger charge is -2.39. The van der Waals surface area contributed by atoms with E-state index in [1.165, 1.54) is 32.1 Å². The van der Waals surface area contributed by atoms with Crippen molar-refractivity contribution in [1.29, 1.82) is 0 Å². The summed E-state index contributed by atoms with van der Waals surface area (Å²) in [6.07, 6.45) is 6.19. The van der Waals surface area contributed by atoms with Crippen molar-refractivity contribution in [3.05, 3.63) is 0 Å². The second-order valence-electron chi connectivity index (χ2n) is 9.61. The van der Waals surface area contributed by atoms with E-state index in [1.807, 2.05) is 39.5 Å². The van der Waals surface area contributed by atoms with Crippen molar-refractivity contribution in [3.63, 3.8) is 0 Å². The van der Waals surface area contributed by atoms with Crippen LogP contribution in [-0.4, -0.2) is 41.8 Å². The van der Waals surface area contributed by atoms with Gasteiger partial charge in [-0.1, -0.05) is 27.2 Å². The SMILES string of the molecule is CCC(C)(C)C1CCC(NCCN(C(=O)OC(C)(C)C)C(C)C)CC1. The van der Waals surface area contributed by atoms with Gasteiger partial charge in [-0.05, 0) is 71.6 Å². The van der Waals surface area contributed by atoms with Gasteiger partial charge in [-0.15, -0.1) is 0 Å². The minimum Gasteiger partial charge on any atom is -0.444 e. The number of hydrogen-bond acceptors (Lipinski definition) is 3. The molecule has 0 unspecified atom stereocenters. The van der Waals surface area contributed by atoms with Crippen molar-refractivity contribution in [2.45, 2.75) is 105 Å². The van der Waals surface area contributed by atoms with Crippen molar-refractivity contribution in [3.8, 4) is 0 Å². The van der Waals surface area contributed by atoms with E-state index < -0.39 is 5.60 Å². The van der Waals surface area contributed by atoms with Gasteiger partial charge in [0, 0.05) is 25.2 Å². The molecule has 1 rings (SSSR count). The fraction of sp³-hybridized carbons (Fsp3) is 0.952. The first-order valence-corrected chi connectivity index (χ1v) is 10.2. The maximum absolute atomic E-state index is 12.3. The number of carbonyl (C=O) groups excluding carboxylic acids is 1. The van der Waals surface area contributed by atoms with Crippen LogP contribution in [0.25, 0.3) is 0 Å². The standard InChI is InChI=1S/C21H42N2O2/c1-9-21(7,8)17-10-12-18(13-11-17)22-14-15-23(16(2)3)19(24)25-20(4,5)6/h16-18,22H,9-15H2,1-8H3. The van der Waals surface area contributed by atoms with Gasteiger partial charge in [0.25, 0.3) is 0 Å². The predicted octanol–water partition coefficient (Wildman–Crippen LogP) is 5.22. The molecule has 1 N–H and O–H groups in total. The van der Waals surface area contributed by atoms with Crippen LogP contribution in [0.1, 0.15) is 87.5 Å². The Hall–Kier alpha value is -0.770. The normalized spacial score (nSPS) is 22.1. The van der Waals surface area contributed by atoms with E-state index in [2.05, 4.69) is 26.1 Å². The van der Waals surface area contributed by atoms with Gasteiger partial charge in [-0.2, -0.15) is 0 Å². The fourth-order valence-electron chi connectivity index (χ4n) is 3.64. The van der Waals surface area contributed by atoms with Crippen LogP contribution in [0.2, 0.25) is 0 Å². The molecule has 1 aliphatic carbocycles. The van der Waals surface area contributed by atoms with Crippen LogP contribution in [-0.2, 0) is 4.74 Å². The molecule has 0 atom stereocenters. The first-order valence-electron chi connectivity index (χ1n) is 10.2. The monoisotopic (exact) mass is 354 g/mol. The Morgan fingerprint density at radius 2 is 1.68 bits per heavy atom. The van der Waals surface area contributed by atoms with Crippen molar-refractivity contribution < 1.29 is 9.53 Å². The molecule has 4 heteroatoms. The minimum absolute atomic E-state index is 0.151. The summed E-state index contributed by atoms with van der Waals surface area (Å²) in [4.78, 5) is 14.2. The third-order valence-corrected chi connectivity index (χ3v) is 5.78. The van der Waals surface area contributed by atoms with Crippen LogP contribution in [0, 0.1) is 11.3 Å². The molecule has 25 heavy (non-hydrogen) atoms. The van der Waals surface area contributed by atoms with Crippen molar-refractivity contribution >= 4 is 6.09 Å². The molecule has 0 saturated heterocycles. The van der Waals surface area contributed by atoms with Gasteiger partial charge in [-0.3, -0.25) is 0 Å². The number of ether oxygens (including phenoxy) is 1. The maximum Gasteiger partial charge on any atom is 0.410 e. The highest BCUT2D eigenvalue weighted by Crippen LogP contribution is 2.40. The van der Waals surface area contributed by atoms with Crippen LogP contribution in [0.5, 0.6) is 0 Å². The summed E-state index contributed by atoms with van der Waals surface area (Å²) in [7, 11) is 0. The molecular weight excluding hydrogens is 312 g/mol. The number of amides is 1. The van der Waals surface area contributed by atoms with Gasteiger partial charge in [0.1, 0.15) is 5.60 Å². The van der Waals surface area contributed by atoms with Crippen LogP contribution >= 0.6 is 0 Å². The summed E-state index contributed by atoms with van der Waals surface area (Å²) >= 11 is 0. The summed E-state index contributed by atoms with van der Waals surface area (Å²) in [6, 6.07) is 0.745. The van der Waals surface area contributed by atoms with E-state index in [9.17, 15) is 4.79 Å². The first kappa shape index (κ1) is 22.3. The molecule has 0 aliphatic heterocycles. The predicted molar refractivity (Wildman–Crippen MR) is 106 cm³/mol. The highest BCUT2D eigenvalue weighted by Gasteiger charge is 2.31. The van der Waals surface area contributed by atoms with Crippen LogP contribution in [0.3, 0.4) is 0 Å². The minimum atomic E-state index is -0.442. The molecule has 0 aromatic carbocycles. The second kappa shape index (κ2) is 9.25. The second-order valence-corrected chi connectivity index (χ2v) is 9.61. The Morgan fingerprint density at radius 1 is 1.12 bits per heavy atom. The van der Waals surface area contributed by atoms with E-state index in [4.69, 9.17) is 4.74 Å². The molecule has 0 bridgehead atoms. The van der Waals surface area contributed by atoms with Gasteiger partial charge in [0.2, 0.25) is 0 Å². The van der Waals surface area contributed by atoms with Gasteiger partial charge >= 0.3 is 6.09 Å². The van der Waals surface area contributed by atoms with E-state index in [-0.39, 0.29) is 12.1 Å². The van der Waals surface area contributed by atoms with E-state index in [1.54, 1.807) is 0 Å². The molecule has 0 aromatic rings. The van der Waals surface area contributed by atoms with Gasteiger partial charge in [0.05, 0.1) is 0 Å². The number of carbonyl (C=O) groups is 1. The third kappa shape index (κ3) is 7.55. The van der Waals surface area contributed by atoms with Crippen molar-refractivity contribution in [2.24, 2.45) is 11.3 Å². The Bertz CT molecular complexity index is 405. The molecule has 1 fully saturated rings. The van der Waals surface area contributed by atoms with Crippen molar-refractivity contribution in [2.75, 3.05) is 13.1 Å². The first-order chi connectivity index (χ1) is 11.5. The molecule has 1 aliphatic rings. The van der Waals surface area contributed by atoms with E-state index in [0.717, 1.165) is 12.5 Å². The molecule has 0 heterocycles. The molecule has 148 valence electrons.